The van der Waals surface area contributed by atoms with E-state index in [2.05, 4.69) is 10.6 Å². The number of carbonyl (C=O) groups is 3. The normalized spacial score (nSPS) is 28.4. The van der Waals surface area contributed by atoms with E-state index in [1.807, 2.05) is 0 Å². The fourth-order valence-electron chi connectivity index (χ4n) is 4.09. The number of anilines is 2. The molecule has 2 amide bonds. The maximum Gasteiger partial charge on any atom is 0.307 e. The van der Waals surface area contributed by atoms with Gasteiger partial charge in [0.2, 0.25) is 11.8 Å². The van der Waals surface area contributed by atoms with Crippen LogP contribution in [0.5, 0.6) is 0 Å². The minimum absolute atomic E-state index is 0.135. The molecular weight excluding hydrogens is 296 g/mol. The van der Waals surface area contributed by atoms with Gasteiger partial charge in [-0.25, -0.2) is 0 Å². The second kappa shape index (κ2) is 6.02. The third-order valence-electron chi connectivity index (χ3n) is 4.98. The lowest BCUT2D eigenvalue weighted by atomic mass is 9.78. The molecule has 0 saturated heterocycles. The summed E-state index contributed by atoms with van der Waals surface area (Å²) in [6.45, 7) is 1.43. The summed E-state index contributed by atoms with van der Waals surface area (Å²) in [6.07, 6.45) is 2.70. The highest BCUT2D eigenvalue weighted by Crippen LogP contribution is 2.52. The Hall–Kier alpha value is -2.37. The summed E-state index contributed by atoms with van der Waals surface area (Å²) in [5.74, 6) is -1.92. The van der Waals surface area contributed by atoms with Crippen molar-refractivity contribution in [2.24, 2.45) is 23.7 Å². The van der Waals surface area contributed by atoms with Crippen molar-refractivity contribution in [3.05, 3.63) is 24.3 Å². The molecular formula is C17H20N2O4. The number of hydrogen-bond donors (Lipinski definition) is 3. The molecule has 0 aromatic heterocycles. The third-order valence-corrected chi connectivity index (χ3v) is 4.98. The Kier molecular flexibility index (Phi) is 4.07. The van der Waals surface area contributed by atoms with Crippen LogP contribution in [0.2, 0.25) is 0 Å². The molecule has 0 heterocycles. The number of hydrogen-bond acceptors (Lipinski definition) is 3. The van der Waals surface area contributed by atoms with Gasteiger partial charge in [0.15, 0.2) is 0 Å². The summed E-state index contributed by atoms with van der Waals surface area (Å²) in [5, 5.41) is 14.9. The van der Waals surface area contributed by atoms with Crippen LogP contribution < -0.4 is 10.6 Å². The number of amides is 2. The number of fused-ring (bicyclic) bond motifs is 2. The predicted octanol–water partition coefficient (Wildman–Crippen LogP) is 2.33. The molecule has 0 unspecified atom stereocenters. The van der Waals surface area contributed by atoms with Gasteiger partial charge >= 0.3 is 5.97 Å². The first-order valence-corrected chi connectivity index (χ1v) is 7.87. The summed E-state index contributed by atoms with van der Waals surface area (Å²) in [7, 11) is 0. The molecule has 1 aromatic carbocycles. The number of aliphatic carboxylic acids is 1. The van der Waals surface area contributed by atoms with Gasteiger partial charge in [0.25, 0.3) is 0 Å². The molecule has 2 fully saturated rings. The van der Waals surface area contributed by atoms with E-state index in [9.17, 15) is 19.5 Å². The van der Waals surface area contributed by atoms with Gasteiger partial charge < -0.3 is 15.7 Å². The van der Waals surface area contributed by atoms with Crippen LogP contribution in [-0.2, 0) is 14.4 Å². The van der Waals surface area contributed by atoms with Gasteiger partial charge in [0, 0.05) is 18.3 Å². The van der Waals surface area contributed by atoms with Gasteiger partial charge in [-0.2, -0.15) is 0 Å². The number of rotatable bonds is 4. The number of nitrogens with one attached hydrogen (secondary N) is 2. The van der Waals surface area contributed by atoms with Crippen molar-refractivity contribution in [2.45, 2.75) is 26.2 Å². The Morgan fingerprint density at radius 2 is 1.48 bits per heavy atom. The van der Waals surface area contributed by atoms with Crippen LogP contribution >= 0.6 is 0 Å². The minimum Gasteiger partial charge on any atom is -0.481 e. The topological polar surface area (TPSA) is 95.5 Å². The van der Waals surface area contributed by atoms with Crippen molar-refractivity contribution in [3.8, 4) is 0 Å². The molecule has 23 heavy (non-hydrogen) atoms. The molecule has 0 aliphatic heterocycles. The number of carbonyl (C=O) groups excluding carboxylic acids is 2. The summed E-state index contributed by atoms with van der Waals surface area (Å²) >= 11 is 0. The van der Waals surface area contributed by atoms with Gasteiger partial charge in [-0.15, -0.1) is 0 Å². The fourth-order valence-corrected chi connectivity index (χ4v) is 4.09. The average molecular weight is 316 g/mol. The molecule has 2 saturated carbocycles. The molecule has 0 radical (unpaired) electrons. The van der Waals surface area contributed by atoms with E-state index >= 15 is 0 Å². The molecule has 2 bridgehead atoms. The van der Waals surface area contributed by atoms with Crippen LogP contribution in [0, 0.1) is 23.7 Å². The van der Waals surface area contributed by atoms with E-state index in [-0.39, 0.29) is 23.7 Å². The highest BCUT2D eigenvalue weighted by molar-refractivity contribution is 5.96. The molecule has 4 atom stereocenters. The number of carboxylic acid groups (broad SMARTS) is 1. The average Bonchev–Trinajstić information content (AvgIpc) is 3.09. The highest BCUT2D eigenvalue weighted by atomic mass is 16.4. The smallest absolute Gasteiger partial charge is 0.307 e. The van der Waals surface area contributed by atoms with Crippen LogP contribution in [0.1, 0.15) is 26.2 Å². The Bertz CT molecular complexity index is 640. The maximum atomic E-state index is 12.5. The summed E-state index contributed by atoms with van der Waals surface area (Å²) < 4.78 is 0. The summed E-state index contributed by atoms with van der Waals surface area (Å²) in [6, 6.07) is 6.80. The second-order valence-corrected chi connectivity index (χ2v) is 6.47. The molecule has 6 nitrogen and oxygen atoms in total. The molecule has 122 valence electrons. The predicted molar refractivity (Wildman–Crippen MR) is 84.8 cm³/mol. The largest absolute Gasteiger partial charge is 0.481 e. The van der Waals surface area contributed by atoms with Gasteiger partial charge in [0.05, 0.1) is 11.8 Å². The Morgan fingerprint density at radius 1 is 0.957 bits per heavy atom. The van der Waals surface area contributed by atoms with E-state index in [4.69, 9.17) is 0 Å². The molecule has 3 N–H and O–H groups in total. The van der Waals surface area contributed by atoms with Crippen molar-refractivity contribution in [3.63, 3.8) is 0 Å². The second-order valence-electron chi connectivity index (χ2n) is 6.47. The minimum atomic E-state index is -0.863. The van der Waals surface area contributed by atoms with Crippen LogP contribution in [0.15, 0.2) is 24.3 Å². The van der Waals surface area contributed by atoms with E-state index in [1.54, 1.807) is 24.3 Å². The van der Waals surface area contributed by atoms with Crippen LogP contribution in [0.3, 0.4) is 0 Å². The summed E-state index contributed by atoms with van der Waals surface area (Å²) in [4.78, 5) is 35.0. The monoisotopic (exact) mass is 316 g/mol. The van der Waals surface area contributed by atoms with Crippen LogP contribution in [0.25, 0.3) is 0 Å². The first kappa shape index (κ1) is 15.5. The van der Waals surface area contributed by atoms with E-state index in [0.29, 0.717) is 11.4 Å². The van der Waals surface area contributed by atoms with Crippen molar-refractivity contribution < 1.29 is 19.5 Å². The van der Waals surface area contributed by atoms with E-state index < -0.39 is 17.8 Å². The van der Waals surface area contributed by atoms with E-state index in [0.717, 1.165) is 19.3 Å². The third kappa shape index (κ3) is 3.06. The first-order chi connectivity index (χ1) is 11.0. The Balaban J connectivity index is 1.69. The Morgan fingerprint density at radius 3 is 2.00 bits per heavy atom. The zero-order valence-electron chi connectivity index (χ0n) is 12.9. The van der Waals surface area contributed by atoms with Crippen molar-refractivity contribution in [1.82, 2.24) is 0 Å². The van der Waals surface area contributed by atoms with Crippen molar-refractivity contribution >= 4 is 29.2 Å². The number of benzene rings is 1. The SMILES string of the molecule is CC(=O)Nc1ccc(NC(=O)[C@@H]2[C@@H]3CC[C@H](C3)[C@H]2C(=O)O)cc1. The molecule has 0 spiro atoms. The maximum absolute atomic E-state index is 12.5. The fraction of sp³-hybridized carbons (Fsp3) is 0.471. The first-order valence-electron chi connectivity index (χ1n) is 7.87. The van der Waals surface area contributed by atoms with Gasteiger partial charge in [-0.05, 0) is 55.4 Å². The van der Waals surface area contributed by atoms with Gasteiger partial charge in [-0.1, -0.05) is 0 Å². The lowest BCUT2D eigenvalue weighted by Crippen LogP contribution is -2.37. The Labute approximate surface area is 134 Å². The molecule has 2 aliphatic carbocycles. The lowest BCUT2D eigenvalue weighted by Gasteiger charge is -2.27. The molecule has 2 aliphatic rings. The standard InChI is InChI=1S/C17H20N2O4/c1-9(20)18-12-4-6-13(7-5-12)19-16(21)14-10-2-3-11(8-10)15(14)17(22)23/h4-7,10-11,14-15H,2-3,8H2,1H3,(H,18,20)(H,19,21)(H,22,23)/t10-,11-,14-,15-/m1/s1. The zero-order valence-corrected chi connectivity index (χ0v) is 12.9. The van der Waals surface area contributed by atoms with E-state index in [1.165, 1.54) is 6.92 Å². The quantitative estimate of drug-likeness (QED) is 0.794. The highest BCUT2D eigenvalue weighted by Gasteiger charge is 2.53. The molecule has 3 rings (SSSR count). The van der Waals surface area contributed by atoms with Crippen molar-refractivity contribution in [2.75, 3.05) is 10.6 Å². The summed E-state index contributed by atoms with van der Waals surface area (Å²) in [5.41, 5.74) is 1.26. The molecule has 6 heteroatoms. The zero-order chi connectivity index (χ0) is 16.6. The van der Waals surface area contributed by atoms with Crippen LogP contribution in [0.4, 0.5) is 11.4 Å². The van der Waals surface area contributed by atoms with Crippen LogP contribution in [-0.4, -0.2) is 22.9 Å². The number of carboxylic acids is 1. The lowest BCUT2D eigenvalue weighted by molar-refractivity contribution is -0.148. The van der Waals surface area contributed by atoms with Gasteiger partial charge in [0.1, 0.15) is 0 Å². The molecule has 1 aromatic rings. The van der Waals surface area contributed by atoms with Crippen molar-refractivity contribution in [1.29, 1.82) is 0 Å². The van der Waals surface area contributed by atoms with Gasteiger partial charge in [-0.3, -0.25) is 14.4 Å².